The van der Waals surface area contributed by atoms with Crippen molar-refractivity contribution in [2.45, 2.75) is 17.2 Å². The number of rotatable bonds is 7. The van der Waals surface area contributed by atoms with Crippen molar-refractivity contribution in [3.05, 3.63) is 99.6 Å². The van der Waals surface area contributed by atoms with Crippen LogP contribution in [0.2, 0.25) is 0 Å². The predicted octanol–water partition coefficient (Wildman–Crippen LogP) is 4.79. The Morgan fingerprint density at radius 1 is 0.769 bits per heavy atom. The zero-order valence-corrected chi connectivity index (χ0v) is 17.2. The van der Waals surface area contributed by atoms with Crippen LogP contribution in [0.4, 0.5) is 0 Å². The number of benzene rings is 3. The molecule has 0 aliphatic carbocycles. The van der Waals surface area contributed by atoms with E-state index < -0.39 is 10.0 Å². The second kappa shape index (κ2) is 8.79. The third kappa shape index (κ3) is 4.93. The van der Waals surface area contributed by atoms with Crippen LogP contribution in [0.25, 0.3) is 0 Å². The zero-order chi connectivity index (χ0) is 18.4. The average molecular weight is 477 g/mol. The van der Waals surface area contributed by atoms with Crippen molar-refractivity contribution in [2.75, 3.05) is 6.54 Å². The Bertz CT molecular complexity index is 887. The molecule has 0 spiro atoms. The minimum absolute atomic E-state index is 0.150. The molecule has 0 saturated heterocycles. The quantitative estimate of drug-likeness (QED) is 0.498. The van der Waals surface area contributed by atoms with Crippen LogP contribution < -0.4 is 4.72 Å². The van der Waals surface area contributed by atoms with Crippen LogP contribution >= 0.6 is 22.6 Å². The van der Waals surface area contributed by atoms with Crippen molar-refractivity contribution < 1.29 is 8.42 Å². The highest BCUT2D eigenvalue weighted by atomic mass is 127. The van der Waals surface area contributed by atoms with E-state index >= 15 is 0 Å². The van der Waals surface area contributed by atoms with Gasteiger partial charge in [0, 0.05) is 16.0 Å². The van der Waals surface area contributed by atoms with E-state index in [0.29, 0.717) is 17.9 Å². The van der Waals surface area contributed by atoms with Gasteiger partial charge in [-0.15, -0.1) is 0 Å². The minimum atomic E-state index is -3.49. The highest BCUT2D eigenvalue weighted by Crippen LogP contribution is 2.27. The van der Waals surface area contributed by atoms with Crippen molar-refractivity contribution >= 4 is 32.6 Å². The van der Waals surface area contributed by atoms with Crippen molar-refractivity contribution in [1.29, 1.82) is 0 Å². The zero-order valence-electron chi connectivity index (χ0n) is 14.2. The van der Waals surface area contributed by atoms with Gasteiger partial charge in [-0.1, -0.05) is 60.7 Å². The molecule has 134 valence electrons. The maximum absolute atomic E-state index is 12.5. The maximum Gasteiger partial charge on any atom is 0.240 e. The number of hydrogen-bond donors (Lipinski definition) is 1. The van der Waals surface area contributed by atoms with Gasteiger partial charge in [0.2, 0.25) is 10.0 Å². The first kappa shape index (κ1) is 19.1. The smallest absolute Gasteiger partial charge is 0.211 e. The van der Waals surface area contributed by atoms with Gasteiger partial charge in [-0.3, -0.25) is 0 Å². The van der Waals surface area contributed by atoms with Gasteiger partial charge in [0.25, 0.3) is 0 Å². The highest BCUT2D eigenvalue weighted by molar-refractivity contribution is 14.1. The Labute approximate surface area is 168 Å². The third-order valence-electron chi connectivity index (χ3n) is 4.25. The molecule has 0 heterocycles. The van der Waals surface area contributed by atoms with Gasteiger partial charge in [0.05, 0.1) is 4.90 Å². The Kier molecular flexibility index (Phi) is 6.45. The summed E-state index contributed by atoms with van der Waals surface area (Å²) in [5.74, 6) is 0.150. The van der Waals surface area contributed by atoms with Gasteiger partial charge in [0.15, 0.2) is 0 Å². The van der Waals surface area contributed by atoms with Gasteiger partial charge in [-0.25, -0.2) is 13.1 Å². The Balaban J connectivity index is 1.73. The first-order chi connectivity index (χ1) is 12.6. The summed E-state index contributed by atoms with van der Waals surface area (Å²) in [5.41, 5.74) is 2.37. The summed E-state index contributed by atoms with van der Waals surface area (Å²) in [6, 6.07) is 27.3. The normalized spacial score (nSPS) is 11.6. The van der Waals surface area contributed by atoms with E-state index in [2.05, 4.69) is 51.6 Å². The van der Waals surface area contributed by atoms with E-state index in [-0.39, 0.29) is 5.92 Å². The minimum Gasteiger partial charge on any atom is -0.211 e. The molecule has 3 aromatic rings. The molecule has 5 heteroatoms. The van der Waals surface area contributed by atoms with Gasteiger partial charge in [0.1, 0.15) is 0 Å². The molecule has 0 radical (unpaired) electrons. The van der Waals surface area contributed by atoms with Crippen LogP contribution in [0, 0.1) is 3.57 Å². The van der Waals surface area contributed by atoms with Gasteiger partial charge >= 0.3 is 0 Å². The van der Waals surface area contributed by atoms with Crippen LogP contribution in [-0.2, 0) is 10.0 Å². The fourth-order valence-electron chi connectivity index (χ4n) is 2.93. The van der Waals surface area contributed by atoms with E-state index in [1.807, 2.05) is 36.4 Å². The summed E-state index contributed by atoms with van der Waals surface area (Å²) in [6.45, 7) is 0.378. The third-order valence-corrected chi connectivity index (χ3v) is 6.45. The lowest BCUT2D eigenvalue weighted by atomic mass is 9.89. The van der Waals surface area contributed by atoms with E-state index in [4.69, 9.17) is 0 Å². The Hall–Kier alpha value is -1.70. The largest absolute Gasteiger partial charge is 0.240 e. The molecule has 0 fully saturated rings. The summed E-state index contributed by atoms with van der Waals surface area (Å²) in [5, 5.41) is 0. The number of halogens is 1. The summed E-state index contributed by atoms with van der Waals surface area (Å²) in [4.78, 5) is 0.300. The summed E-state index contributed by atoms with van der Waals surface area (Å²) in [6.07, 6.45) is 0.692. The van der Waals surface area contributed by atoms with Gasteiger partial charge in [-0.2, -0.15) is 0 Å². The van der Waals surface area contributed by atoms with Crippen LogP contribution in [0.15, 0.2) is 89.8 Å². The number of nitrogens with one attached hydrogen (secondary N) is 1. The summed E-state index contributed by atoms with van der Waals surface area (Å²) < 4.78 is 28.7. The molecule has 3 rings (SSSR count). The SMILES string of the molecule is O=S(=O)(NCCC(c1ccccc1)c1ccccc1)c1ccc(I)cc1. The second-order valence-electron chi connectivity index (χ2n) is 6.01. The summed E-state index contributed by atoms with van der Waals surface area (Å²) >= 11 is 2.16. The van der Waals surface area contributed by atoms with Crippen molar-refractivity contribution in [3.8, 4) is 0 Å². The highest BCUT2D eigenvalue weighted by Gasteiger charge is 2.17. The van der Waals surface area contributed by atoms with Crippen LogP contribution in [0.5, 0.6) is 0 Å². The van der Waals surface area contributed by atoms with Crippen LogP contribution in [0.1, 0.15) is 23.5 Å². The van der Waals surface area contributed by atoms with E-state index in [1.165, 1.54) is 11.1 Å². The molecular weight excluding hydrogens is 457 g/mol. The molecule has 3 nitrogen and oxygen atoms in total. The monoisotopic (exact) mass is 477 g/mol. The van der Waals surface area contributed by atoms with Crippen molar-refractivity contribution in [2.24, 2.45) is 0 Å². The van der Waals surface area contributed by atoms with Gasteiger partial charge in [-0.05, 0) is 64.4 Å². The molecule has 3 aromatic carbocycles. The van der Waals surface area contributed by atoms with Crippen molar-refractivity contribution in [1.82, 2.24) is 4.72 Å². The van der Waals surface area contributed by atoms with E-state index in [0.717, 1.165) is 3.57 Å². The lowest BCUT2D eigenvalue weighted by Gasteiger charge is -2.18. The second-order valence-corrected chi connectivity index (χ2v) is 9.03. The van der Waals surface area contributed by atoms with E-state index in [1.54, 1.807) is 24.3 Å². The molecule has 1 N–H and O–H groups in total. The molecular formula is C21H20INO2S. The molecule has 0 bridgehead atoms. The Morgan fingerprint density at radius 2 is 1.27 bits per heavy atom. The topological polar surface area (TPSA) is 46.2 Å². The molecule has 26 heavy (non-hydrogen) atoms. The number of sulfonamides is 1. The first-order valence-corrected chi connectivity index (χ1v) is 11.0. The standard InChI is InChI=1S/C21H20INO2S/c22-19-11-13-20(14-12-19)26(24,25)23-16-15-21(17-7-3-1-4-8-17)18-9-5-2-6-10-18/h1-14,21,23H,15-16H2. The molecule has 0 aliphatic rings. The first-order valence-electron chi connectivity index (χ1n) is 8.41. The predicted molar refractivity (Wildman–Crippen MR) is 114 cm³/mol. The molecule has 0 amide bonds. The van der Waals surface area contributed by atoms with Crippen molar-refractivity contribution in [3.63, 3.8) is 0 Å². The fraction of sp³-hybridized carbons (Fsp3) is 0.143. The van der Waals surface area contributed by atoms with Crippen LogP contribution in [0.3, 0.4) is 0 Å². The molecule has 0 aliphatic heterocycles. The lowest BCUT2D eigenvalue weighted by Crippen LogP contribution is -2.26. The summed E-state index contributed by atoms with van der Waals surface area (Å²) in [7, 11) is -3.49. The average Bonchev–Trinajstić information content (AvgIpc) is 2.67. The maximum atomic E-state index is 12.5. The fourth-order valence-corrected chi connectivity index (χ4v) is 4.34. The number of hydrogen-bond acceptors (Lipinski definition) is 2. The lowest BCUT2D eigenvalue weighted by molar-refractivity contribution is 0.575. The molecule has 0 atom stereocenters. The molecule has 0 unspecified atom stereocenters. The Morgan fingerprint density at radius 3 is 1.77 bits per heavy atom. The molecule has 0 saturated carbocycles. The van der Waals surface area contributed by atoms with Crippen LogP contribution in [-0.4, -0.2) is 15.0 Å². The molecule has 0 aromatic heterocycles. The van der Waals surface area contributed by atoms with Gasteiger partial charge < -0.3 is 0 Å². The van der Waals surface area contributed by atoms with E-state index in [9.17, 15) is 8.42 Å².